The molecule has 0 aliphatic carbocycles. The topological polar surface area (TPSA) is 111 Å². The van der Waals surface area contributed by atoms with Gasteiger partial charge in [0.05, 0.1) is 79.3 Å². The fraction of sp³-hybridized carbons (Fsp3) is 1.00. The standard InChI is InChI=1S/C28H59O10P/c1-3-5-7-9-11-13-15-31-17-19-33-21-23-35-25-27-37-39(29,30)38-28-26-36-24-22-34-20-18-32-16-14-12-10-8-6-4-2/h3-28H2,1-2H3,(H,29,30). The zero-order valence-corrected chi connectivity index (χ0v) is 25.8. The van der Waals surface area contributed by atoms with Crippen LogP contribution in [-0.2, 0) is 42.0 Å². The van der Waals surface area contributed by atoms with Crippen molar-refractivity contribution in [2.24, 2.45) is 0 Å². The molecule has 0 aliphatic rings. The third kappa shape index (κ3) is 34.0. The van der Waals surface area contributed by atoms with Gasteiger partial charge in [-0.3, -0.25) is 9.05 Å². The summed E-state index contributed by atoms with van der Waals surface area (Å²) in [5, 5.41) is 0. The van der Waals surface area contributed by atoms with E-state index in [-0.39, 0.29) is 26.4 Å². The van der Waals surface area contributed by atoms with Crippen LogP contribution in [0.5, 0.6) is 0 Å². The lowest BCUT2D eigenvalue weighted by Gasteiger charge is -2.12. The summed E-state index contributed by atoms with van der Waals surface area (Å²) >= 11 is 0. The van der Waals surface area contributed by atoms with E-state index in [1.165, 1.54) is 64.2 Å². The second kappa shape index (κ2) is 32.4. The first kappa shape index (κ1) is 38.9. The number of phosphoric ester groups is 1. The molecule has 0 heterocycles. The van der Waals surface area contributed by atoms with Crippen molar-refractivity contribution in [3.8, 4) is 0 Å². The normalized spacial score (nSPS) is 12.0. The lowest BCUT2D eigenvalue weighted by molar-refractivity contribution is 0.000937. The summed E-state index contributed by atoms with van der Waals surface area (Å²) < 4.78 is 54.2. The Balaban J connectivity index is 3.27. The molecule has 0 aromatic heterocycles. The summed E-state index contributed by atoms with van der Waals surface area (Å²) in [4.78, 5) is 9.67. The van der Waals surface area contributed by atoms with E-state index in [0.29, 0.717) is 52.9 Å². The van der Waals surface area contributed by atoms with Crippen molar-refractivity contribution >= 4 is 7.82 Å². The van der Waals surface area contributed by atoms with Crippen LogP contribution in [-0.4, -0.2) is 97.4 Å². The van der Waals surface area contributed by atoms with Crippen LogP contribution in [0.3, 0.4) is 0 Å². The number of hydrogen-bond acceptors (Lipinski definition) is 9. The van der Waals surface area contributed by atoms with Gasteiger partial charge in [0.15, 0.2) is 0 Å². The summed E-state index contributed by atoms with van der Waals surface area (Å²) in [5.74, 6) is 0. The molecule has 39 heavy (non-hydrogen) atoms. The van der Waals surface area contributed by atoms with Gasteiger partial charge in [-0.15, -0.1) is 0 Å². The third-order valence-corrected chi connectivity index (χ3v) is 6.75. The number of unbranched alkanes of at least 4 members (excludes halogenated alkanes) is 10. The van der Waals surface area contributed by atoms with Gasteiger partial charge >= 0.3 is 7.82 Å². The predicted octanol–water partition coefficient (Wildman–Crippen LogP) is 5.94. The predicted molar refractivity (Wildman–Crippen MR) is 153 cm³/mol. The highest BCUT2D eigenvalue weighted by atomic mass is 31.2. The van der Waals surface area contributed by atoms with Gasteiger partial charge in [-0.25, -0.2) is 4.57 Å². The van der Waals surface area contributed by atoms with Gasteiger partial charge in [0.1, 0.15) is 0 Å². The summed E-state index contributed by atoms with van der Waals surface area (Å²) in [5.41, 5.74) is 0. The van der Waals surface area contributed by atoms with Crippen LogP contribution < -0.4 is 0 Å². The van der Waals surface area contributed by atoms with E-state index in [0.717, 1.165) is 26.1 Å². The van der Waals surface area contributed by atoms with Crippen molar-refractivity contribution in [3.63, 3.8) is 0 Å². The Kier molecular flexibility index (Phi) is 32.3. The average Bonchev–Trinajstić information content (AvgIpc) is 2.92. The molecule has 0 atom stereocenters. The molecule has 0 unspecified atom stereocenters. The molecule has 0 aromatic rings. The number of rotatable bonds is 34. The maximum Gasteiger partial charge on any atom is 0.472 e. The Morgan fingerprint density at radius 2 is 0.641 bits per heavy atom. The smallest absolute Gasteiger partial charge is 0.379 e. The van der Waals surface area contributed by atoms with E-state index in [2.05, 4.69) is 13.8 Å². The van der Waals surface area contributed by atoms with Crippen LogP contribution in [0.2, 0.25) is 0 Å². The zero-order valence-electron chi connectivity index (χ0n) is 25.0. The van der Waals surface area contributed by atoms with E-state index in [4.69, 9.17) is 37.5 Å². The Bertz CT molecular complexity index is 473. The molecular formula is C28H59O10P. The summed E-state index contributed by atoms with van der Waals surface area (Å²) in [6.45, 7) is 10.1. The second-order valence-corrected chi connectivity index (χ2v) is 10.8. The van der Waals surface area contributed by atoms with Crippen molar-refractivity contribution in [3.05, 3.63) is 0 Å². The second-order valence-electron chi connectivity index (χ2n) is 9.34. The van der Waals surface area contributed by atoms with Gasteiger partial charge < -0.3 is 33.3 Å². The molecule has 0 saturated carbocycles. The van der Waals surface area contributed by atoms with Gasteiger partial charge in [0, 0.05) is 13.2 Å². The molecule has 0 bridgehead atoms. The van der Waals surface area contributed by atoms with E-state index in [1.54, 1.807) is 0 Å². The number of ether oxygens (including phenoxy) is 6. The van der Waals surface area contributed by atoms with Crippen LogP contribution >= 0.6 is 7.82 Å². The number of phosphoric acid groups is 1. The molecule has 10 nitrogen and oxygen atoms in total. The lowest BCUT2D eigenvalue weighted by atomic mass is 10.1. The molecule has 236 valence electrons. The quantitative estimate of drug-likeness (QED) is 0.0718. The fourth-order valence-electron chi connectivity index (χ4n) is 3.51. The van der Waals surface area contributed by atoms with Crippen LogP contribution in [0.4, 0.5) is 0 Å². The van der Waals surface area contributed by atoms with Crippen molar-refractivity contribution in [2.75, 3.05) is 92.5 Å². The highest BCUT2D eigenvalue weighted by molar-refractivity contribution is 7.47. The highest BCUT2D eigenvalue weighted by Crippen LogP contribution is 2.42. The highest BCUT2D eigenvalue weighted by Gasteiger charge is 2.20. The van der Waals surface area contributed by atoms with E-state index >= 15 is 0 Å². The summed E-state index contributed by atoms with van der Waals surface area (Å²) in [7, 11) is -4.12. The first-order chi connectivity index (χ1) is 19.1. The average molecular weight is 587 g/mol. The Morgan fingerprint density at radius 3 is 0.974 bits per heavy atom. The van der Waals surface area contributed by atoms with Crippen LogP contribution in [0.15, 0.2) is 0 Å². The zero-order chi connectivity index (χ0) is 28.5. The van der Waals surface area contributed by atoms with Crippen molar-refractivity contribution in [1.29, 1.82) is 0 Å². The van der Waals surface area contributed by atoms with Crippen molar-refractivity contribution < 1.29 is 46.9 Å². The molecule has 0 rings (SSSR count). The first-order valence-electron chi connectivity index (χ1n) is 15.2. The lowest BCUT2D eigenvalue weighted by Crippen LogP contribution is -2.13. The maximum atomic E-state index is 11.8. The molecule has 0 amide bonds. The van der Waals surface area contributed by atoms with Crippen LogP contribution in [0.1, 0.15) is 90.9 Å². The Morgan fingerprint density at radius 1 is 0.385 bits per heavy atom. The Labute approximate surface area is 238 Å². The summed E-state index contributed by atoms with van der Waals surface area (Å²) in [6, 6.07) is 0. The molecule has 1 N–H and O–H groups in total. The van der Waals surface area contributed by atoms with Crippen LogP contribution in [0, 0.1) is 0 Å². The molecule has 0 aliphatic heterocycles. The van der Waals surface area contributed by atoms with Crippen molar-refractivity contribution in [1.82, 2.24) is 0 Å². The Hall–Kier alpha value is -0.130. The number of hydrogen-bond donors (Lipinski definition) is 1. The van der Waals surface area contributed by atoms with Crippen molar-refractivity contribution in [2.45, 2.75) is 90.9 Å². The summed E-state index contributed by atoms with van der Waals surface area (Å²) in [6.07, 6.45) is 15.0. The fourth-order valence-corrected chi connectivity index (χ4v) is 4.20. The van der Waals surface area contributed by atoms with E-state index < -0.39 is 7.82 Å². The molecule has 0 aromatic carbocycles. The minimum atomic E-state index is -4.12. The largest absolute Gasteiger partial charge is 0.472 e. The molecule has 0 radical (unpaired) electrons. The molecule has 11 heteroatoms. The third-order valence-electron chi connectivity index (χ3n) is 5.74. The van der Waals surface area contributed by atoms with Gasteiger partial charge in [-0.2, -0.15) is 0 Å². The minimum absolute atomic E-state index is 0.0508. The minimum Gasteiger partial charge on any atom is -0.379 e. The van der Waals surface area contributed by atoms with Gasteiger partial charge in [0.2, 0.25) is 0 Å². The maximum absolute atomic E-state index is 11.8. The van der Waals surface area contributed by atoms with Gasteiger partial charge in [-0.05, 0) is 12.8 Å². The van der Waals surface area contributed by atoms with Gasteiger partial charge in [-0.1, -0.05) is 78.1 Å². The molecule has 0 spiro atoms. The monoisotopic (exact) mass is 586 g/mol. The first-order valence-corrected chi connectivity index (χ1v) is 16.7. The van der Waals surface area contributed by atoms with E-state index in [9.17, 15) is 9.46 Å². The van der Waals surface area contributed by atoms with Gasteiger partial charge in [0.25, 0.3) is 0 Å². The van der Waals surface area contributed by atoms with Crippen LogP contribution in [0.25, 0.3) is 0 Å². The SMILES string of the molecule is CCCCCCCCOCCOCCOCCOP(=O)(O)OCCOCCOCCOCCCCCCCC. The molecular weight excluding hydrogens is 527 g/mol. The molecule has 0 saturated heterocycles. The van der Waals surface area contributed by atoms with E-state index in [1.807, 2.05) is 0 Å². The molecule has 0 fully saturated rings.